The van der Waals surface area contributed by atoms with Crippen LogP contribution in [0.15, 0.2) is 42.6 Å². The van der Waals surface area contributed by atoms with Gasteiger partial charge in [0.25, 0.3) is 0 Å². The van der Waals surface area contributed by atoms with E-state index in [0.717, 1.165) is 22.0 Å². The van der Waals surface area contributed by atoms with Crippen molar-refractivity contribution in [2.24, 2.45) is 5.73 Å². The molecule has 5 heteroatoms. The van der Waals surface area contributed by atoms with Gasteiger partial charge >= 0.3 is 0 Å². The largest absolute Gasteiger partial charge is 0.485 e. The van der Waals surface area contributed by atoms with Crippen molar-refractivity contribution in [1.29, 1.82) is 0 Å². The van der Waals surface area contributed by atoms with Crippen LogP contribution in [0.3, 0.4) is 0 Å². The van der Waals surface area contributed by atoms with E-state index in [4.69, 9.17) is 10.5 Å². The van der Waals surface area contributed by atoms with Gasteiger partial charge in [0, 0.05) is 6.54 Å². The number of aromatic nitrogens is 2. The number of benzene rings is 1. The molecule has 1 aromatic carbocycles. The first kappa shape index (κ1) is 12.1. The van der Waals surface area contributed by atoms with Gasteiger partial charge in [-0.2, -0.15) is 0 Å². The first-order chi connectivity index (χ1) is 9.35. The van der Waals surface area contributed by atoms with Crippen molar-refractivity contribution in [2.45, 2.75) is 13.2 Å². The molecule has 3 rings (SSSR count). The van der Waals surface area contributed by atoms with E-state index in [1.807, 2.05) is 30.3 Å². The van der Waals surface area contributed by atoms with Crippen molar-refractivity contribution >= 4 is 21.6 Å². The number of thiazole rings is 1. The van der Waals surface area contributed by atoms with Crippen LogP contribution in [0.5, 0.6) is 5.75 Å². The molecule has 0 spiro atoms. The van der Waals surface area contributed by atoms with Crippen LogP contribution in [0, 0.1) is 0 Å². The van der Waals surface area contributed by atoms with Gasteiger partial charge in [0.1, 0.15) is 17.4 Å². The van der Waals surface area contributed by atoms with Gasteiger partial charge in [-0.05, 0) is 24.3 Å². The number of nitrogens with zero attached hydrogens (tertiary/aromatic N) is 2. The number of rotatable bonds is 4. The van der Waals surface area contributed by atoms with E-state index < -0.39 is 0 Å². The van der Waals surface area contributed by atoms with Crippen LogP contribution >= 0.6 is 11.3 Å². The first-order valence-corrected chi connectivity index (χ1v) is 6.79. The van der Waals surface area contributed by atoms with Gasteiger partial charge in [-0.15, -0.1) is 11.3 Å². The zero-order valence-corrected chi connectivity index (χ0v) is 11.1. The van der Waals surface area contributed by atoms with Gasteiger partial charge in [-0.1, -0.05) is 12.1 Å². The number of ether oxygens (including phenoxy) is 1. The highest BCUT2D eigenvalue weighted by Crippen LogP contribution is 2.22. The Morgan fingerprint density at radius 2 is 2.05 bits per heavy atom. The van der Waals surface area contributed by atoms with Gasteiger partial charge in [0.15, 0.2) is 0 Å². The summed E-state index contributed by atoms with van der Waals surface area (Å²) in [4.78, 5) is 8.70. The quantitative estimate of drug-likeness (QED) is 0.792. The average molecular weight is 271 g/mol. The molecule has 0 unspecified atom stereocenters. The Balaban J connectivity index is 1.70. The summed E-state index contributed by atoms with van der Waals surface area (Å²) in [6.45, 7) is 0.904. The standard InChI is InChI=1S/C14H13N3OS/c15-7-10-5-6-11(8-16-10)18-9-14-17-12-3-1-2-4-13(12)19-14/h1-6,8H,7,9,15H2. The second-order valence-electron chi connectivity index (χ2n) is 4.05. The summed E-state index contributed by atoms with van der Waals surface area (Å²) in [5.41, 5.74) is 7.37. The fourth-order valence-electron chi connectivity index (χ4n) is 1.74. The van der Waals surface area contributed by atoms with Crippen molar-refractivity contribution in [3.8, 4) is 5.75 Å². The predicted molar refractivity (Wildman–Crippen MR) is 76.1 cm³/mol. The molecule has 0 radical (unpaired) electrons. The number of para-hydroxylation sites is 1. The highest BCUT2D eigenvalue weighted by atomic mass is 32.1. The van der Waals surface area contributed by atoms with Crippen LogP contribution in [-0.4, -0.2) is 9.97 Å². The normalized spacial score (nSPS) is 10.8. The summed E-state index contributed by atoms with van der Waals surface area (Å²) in [5.74, 6) is 0.733. The van der Waals surface area contributed by atoms with E-state index in [2.05, 4.69) is 16.0 Å². The molecule has 0 atom stereocenters. The third-order valence-electron chi connectivity index (χ3n) is 2.71. The fourth-order valence-corrected chi connectivity index (χ4v) is 2.62. The Hall–Kier alpha value is -1.98. The SMILES string of the molecule is NCc1ccc(OCc2nc3ccccc3s2)cn1. The second kappa shape index (κ2) is 5.34. The fraction of sp³-hybridized carbons (Fsp3) is 0.143. The molecule has 4 nitrogen and oxygen atoms in total. The zero-order chi connectivity index (χ0) is 13.1. The van der Waals surface area contributed by atoms with Crippen molar-refractivity contribution < 1.29 is 4.74 Å². The van der Waals surface area contributed by atoms with E-state index in [1.54, 1.807) is 17.5 Å². The molecule has 0 aliphatic rings. The highest BCUT2D eigenvalue weighted by Gasteiger charge is 2.04. The molecule has 0 fully saturated rings. The Bertz CT molecular complexity index is 645. The van der Waals surface area contributed by atoms with Crippen LogP contribution in [0.1, 0.15) is 10.7 Å². The van der Waals surface area contributed by atoms with Gasteiger partial charge < -0.3 is 10.5 Å². The maximum atomic E-state index is 5.67. The number of nitrogens with two attached hydrogens (primary N) is 1. The molecule has 2 aromatic heterocycles. The summed E-state index contributed by atoms with van der Waals surface area (Å²) in [5, 5.41) is 0.962. The summed E-state index contributed by atoms with van der Waals surface area (Å²) >= 11 is 1.65. The van der Waals surface area contributed by atoms with Crippen LogP contribution in [0.25, 0.3) is 10.2 Å². The molecule has 3 aromatic rings. The predicted octanol–water partition coefficient (Wildman–Crippen LogP) is 2.73. The van der Waals surface area contributed by atoms with E-state index >= 15 is 0 Å². The smallest absolute Gasteiger partial charge is 0.140 e. The van der Waals surface area contributed by atoms with Crippen LogP contribution < -0.4 is 10.5 Å². The summed E-state index contributed by atoms with van der Waals surface area (Å²) in [7, 11) is 0. The highest BCUT2D eigenvalue weighted by molar-refractivity contribution is 7.18. The third kappa shape index (κ3) is 2.72. The second-order valence-corrected chi connectivity index (χ2v) is 5.17. The van der Waals surface area contributed by atoms with E-state index in [0.29, 0.717) is 13.2 Å². The molecule has 0 saturated heterocycles. The van der Waals surface area contributed by atoms with E-state index in [9.17, 15) is 0 Å². The lowest BCUT2D eigenvalue weighted by Crippen LogP contribution is -2.00. The molecular weight excluding hydrogens is 258 g/mol. The minimum absolute atomic E-state index is 0.443. The average Bonchev–Trinajstić information content (AvgIpc) is 2.88. The lowest BCUT2D eigenvalue weighted by atomic mass is 10.3. The van der Waals surface area contributed by atoms with Crippen molar-refractivity contribution in [1.82, 2.24) is 9.97 Å². The molecular formula is C14H13N3OS. The first-order valence-electron chi connectivity index (χ1n) is 5.97. The lowest BCUT2D eigenvalue weighted by Gasteiger charge is -2.03. The molecule has 0 amide bonds. The van der Waals surface area contributed by atoms with Crippen molar-refractivity contribution in [2.75, 3.05) is 0 Å². The molecule has 0 bridgehead atoms. The number of fused-ring (bicyclic) bond motifs is 1. The Morgan fingerprint density at radius 1 is 1.16 bits per heavy atom. The lowest BCUT2D eigenvalue weighted by molar-refractivity contribution is 0.304. The summed E-state index contributed by atoms with van der Waals surface area (Å²) < 4.78 is 6.84. The molecule has 2 heterocycles. The monoisotopic (exact) mass is 271 g/mol. The van der Waals surface area contributed by atoms with Gasteiger partial charge in [0.05, 0.1) is 22.1 Å². The molecule has 96 valence electrons. The molecule has 0 aliphatic carbocycles. The maximum absolute atomic E-state index is 5.67. The molecule has 2 N–H and O–H groups in total. The van der Waals surface area contributed by atoms with Crippen LogP contribution in [-0.2, 0) is 13.2 Å². The van der Waals surface area contributed by atoms with E-state index in [1.165, 1.54) is 4.70 Å². The van der Waals surface area contributed by atoms with Gasteiger partial charge in [-0.3, -0.25) is 4.98 Å². The van der Waals surface area contributed by atoms with Crippen molar-refractivity contribution in [3.63, 3.8) is 0 Å². The molecule has 19 heavy (non-hydrogen) atoms. The van der Waals surface area contributed by atoms with Gasteiger partial charge in [0.2, 0.25) is 0 Å². The number of hydrogen-bond acceptors (Lipinski definition) is 5. The Labute approximate surface area is 114 Å². The molecule has 0 saturated carbocycles. The van der Waals surface area contributed by atoms with E-state index in [-0.39, 0.29) is 0 Å². The minimum Gasteiger partial charge on any atom is -0.485 e. The van der Waals surface area contributed by atoms with Gasteiger partial charge in [-0.25, -0.2) is 4.98 Å². The van der Waals surface area contributed by atoms with Crippen molar-refractivity contribution in [3.05, 3.63) is 53.3 Å². The van der Waals surface area contributed by atoms with Crippen LogP contribution in [0.2, 0.25) is 0 Å². The Morgan fingerprint density at radius 3 is 2.79 bits per heavy atom. The van der Waals surface area contributed by atoms with Crippen LogP contribution in [0.4, 0.5) is 0 Å². The number of pyridine rings is 1. The minimum atomic E-state index is 0.443. The topological polar surface area (TPSA) is 61.0 Å². The summed E-state index contributed by atoms with van der Waals surface area (Å²) in [6, 6.07) is 11.8. The number of hydrogen-bond donors (Lipinski definition) is 1. The maximum Gasteiger partial charge on any atom is 0.140 e. The summed E-state index contributed by atoms with van der Waals surface area (Å²) in [6.07, 6.45) is 1.69. The molecule has 0 aliphatic heterocycles. The zero-order valence-electron chi connectivity index (χ0n) is 10.2. The Kier molecular flexibility index (Phi) is 3.39. The third-order valence-corrected chi connectivity index (χ3v) is 3.72.